The van der Waals surface area contributed by atoms with E-state index in [0.717, 1.165) is 0 Å². The maximum atomic E-state index is 8.05. The van der Waals surface area contributed by atoms with E-state index in [-0.39, 0.29) is 3.08 Å². The third-order valence-electron chi connectivity index (χ3n) is 9.62. The summed E-state index contributed by atoms with van der Waals surface area (Å²) < 4.78 is 0.938. The number of halogens is 1. The molecular weight excluding hydrogens is 599 g/mol. The first kappa shape index (κ1) is 26.4. The van der Waals surface area contributed by atoms with Gasteiger partial charge in [0.1, 0.15) is 0 Å². The Morgan fingerprint density at radius 1 is 0.600 bits per heavy atom. The molecule has 2 aliphatic rings. The number of hydrogen-bond acceptors (Lipinski definition) is 0. The van der Waals surface area contributed by atoms with Gasteiger partial charge >= 0.3 is 250 Å². The number of rotatable bonds is 5. The average Bonchev–Trinajstić information content (AvgIpc) is 3.50. The molecule has 1 radical (unpaired) electrons. The molecule has 0 aromatic heterocycles. The topological polar surface area (TPSA) is 0 Å². The average molecular weight is 633 g/mol. The SMILES string of the molecule is CC1=Cc2c(ccc3ccccc23)[CH]1[Zr]([CH](Cl)c1ccccc1)([CH]1C(C)=Cc2c1ccc1ccccc21)[Si](C)C. The van der Waals surface area contributed by atoms with Crippen LogP contribution in [0.4, 0.5) is 0 Å². The molecule has 0 aliphatic heterocycles. The summed E-state index contributed by atoms with van der Waals surface area (Å²) in [5.41, 5.74) is 10.3. The molecule has 0 spiro atoms. The molecule has 3 heteroatoms. The van der Waals surface area contributed by atoms with Gasteiger partial charge in [-0.25, -0.2) is 0 Å². The molecule has 5 aromatic rings. The Hall–Kier alpha value is -2.51. The second-order valence-corrected chi connectivity index (χ2v) is 36.6. The molecule has 7 rings (SSSR count). The Labute approximate surface area is 248 Å². The zero-order chi connectivity index (χ0) is 27.6. The van der Waals surface area contributed by atoms with Crippen LogP contribution in [0.25, 0.3) is 33.7 Å². The molecule has 3 atom stereocenters. The first-order valence-corrected chi connectivity index (χ1v) is 25.2. The van der Waals surface area contributed by atoms with Crippen LogP contribution in [0.1, 0.15) is 52.0 Å². The summed E-state index contributed by atoms with van der Waals surface area (Å²) in [7, 11) is 0. The van der Waals surface area contributed by atoms with Gasteiger partial charge in [-0.3, -0.25) is 0 Å². The van der Waals surface area contributed by atoms with Crippen molar-refractivity contribution < 1.29 is 19.4 Å². The molecule has 0 fully saturated rings. The molecule has 5 aromatic carbocycles. The Morgan fingerprint density at radius 2 is 1.05 bits per heavy atom. The summed E-state index contributed by atoms with van der Waals surface area (Å²) >= 11 is 4.49. The van der Waals surface area contributed by atoms with Crippen LogP contribution < -0.4 is 0 Å². The molecule has 0 saturated heterocycles. The van der Waals surface area contributed by atoms with Crippen LogP contribution in [-0.4, -0.2) is 5.92 Å². The summed E-state index contributed by atoms with van der Waals surface area (Å²) in [5.74, 6) is -0.802. The molecule has 0 bridgehead atoms. The van der Waals surface area contributed by atoms with Gasteiger partial charge in [0.25, 0.3) is 0 Å². The van der Waals surface area contributed by atoms with E-state index in [1.807, 2.05) is 0 Å². The molecule has 0 nitrogen and oxygen atoms in total. The third-order valence-corrected chi connectivity index (χ3v) is 44.1. The molecule has 3 unspecified atom stereocenters. The number of allylic oxidation sites excluding steroid dienone is 2. The molecule has 197 valence electrons. The quantitative estimate of drug-likeness (QED) is 0.134. The Balaban J connectivity index is 1.54. The van der Waals surface area contributed by atoms with Gasteiger partial charge in [0.2, 0.25) is 0 Å². The molecular formula is C37H34ClSiZr. The van der Waals surface area contributed by atoms with Gasteiger partial charge in [0.05, 0.1) is 0 Å². The number of benzene rings is 5. The minimum atomic E-state index is -3.56. The zero-order valence-electron chi connectivity index (χ0n) is 23.6. The van der Waals surface area contributed by atoms with Crippen molar-refractivity contribution >= 4 is 51.2 Å². The minimum absolute atomic E-state index is 0.0657. The fourth-order valence-corrected chi connectivity index (χ4v) is 44.9. The second kappa shape index (κ2) is 10.1. The summed E-state index contributed by atoms with van der Waals surface area (Å²) in [4.78, 5) is 0. The predicted octanol–water partition coefficient (Wildman–Crippen LogP) is 11.0. The normalized spacial score (nSPS) is 20.2. The first-order valence-electron chi connectivity index (χ1n) is 14.3. The summed E-state index contributed by atoms with van der Waals surface area (Å²) in [6, 6.07) is 38.4. The van der Waals surface area contributed by atoms with E-state index in [9.17, 15) is 0 Å². The van der Waals surface area contributed by atoms with Gasteiger partial charge in [-0.1, -0.05) is 0 Å². The van der Waals surface area contributed by atoms with Crippen molar-refractivity contribution in [2.45, 2.75) is 37.3 Å². The zero-order valence-corrected chi connectivity index (χ0v) is 27.8. The predicted molar refractivity (Wildman–Crippen MR) is 173 cm³/mol. The van der Waals surface area contributed by atoms with Crippen LogP contribution >= 0.6 is 11.6 Å². The Morgan fingerprint density at radius 3 is 1.52 bits per heavy atom. The van der Waals surface area contributed by atoms with Crippen molar-refractivity contribution in [3.8, 4) is 0 Å². The van der Waals surface area contributed by atoms with E-state index < -0.39 is 25.4 Å². The van der Waals surface area contributed by atoms with Crippen molar-refractivity contribution in [2.75, 3.05) is 0 Å². The molecule has 0 N–H and O–H groups in total. The maximum absolute atomic E-state index is 8.05. The van der Waals surface area contributed by atoms with Crippen molar-refractivity contribution in [3.63, 3.8) is 0 Å². The second-order valence-electron chi connectivity index (χ2n) is 11.9. The van der Waals surface area contributed by atoms with Crippen molar-refractivity contribution in [1.29, 1.82) is 0 Å². The van der Waals surface area contributed by atoms with Gasteiger partial charge in [-0.15, -0.1) is 0 Å². The fraction of sp³-hybridized carbons (Fsp3) is 0.189. The molecule has 0 amide bonds. The summed E-state index contributed by atoms with van der Waals surface area (Å²) in [6.45, 7) is 10.00. The van der Waals surface area contributed by atoms with Crippen LogP contribution in [0, 0.1) is 0 Å². The van der Waals surface area contributed by atoms with E-state index in [1.54, 1.807) is 0 Å². The van der Waals surface area contributed by atoms with E-state index >= 15 is 0 Å². The molecule has 40 heavy (non-hydrogen) atoms. The Bertz CT molecular complexity index is 1730. The van der Waals surface area contributed by atoms with Crippen LogP contribution in [0.2, 0.25) is 13.1 Å². The Kier molecular flexibility index (Phi) is 6.66. The molecule has 0 saturated carbocycles. The van der Waals surface area contributed by atoms with E-state index in [0.29, 0.717) is 7.25 Å². The van der Waals surface area contributed by atoms with Gasteiger partial charge < -0.3 is 0 Å². The number of fused-ring (bicyclic) bond motifs is 6. The van der Waals surface area contributed by atoms with E-state index in [1.165, 1.54) is 60.5 Å². The van der Waals surface area contributed by atoms with Gasteiger partial charge in [0, 0.05) is 0 Å². The standard InChI is InChI=1S/2C14H11.C7H6Cl.C2H6Si.Zr/c2*1-10-8-12-7-6-11-4-2-3-5-13(11)14(12)9-10;8-6-7-4-2-1-3-5-7;1-3-2;/h2*2-9H,1H3;1-6H;1-2H3;. The van der Waals surface area contributed by atoms with Crippen molar-refractivity contribution in [3.05, 3.63) is 142 Å². The van der Waals surface area contributed by atoms with Gasteiger partial charge in [-0.05, 0) is 0 Å². The molecule has 2 aliphatic carbocycles. The van der Waals surface area contributed by atoms with Crippen molar-refractivity contribution in [1.82, 2.24) is 0 Å². The monoisotopic (exact) mass is 631 g/mol. The van der Waals surface area contributed by atoms with Crippen LogP contribution in [-0.2, 0) is 19.4 Å². The van der Waals surface area contributed by atoms with E-state index in [2.05, 4.69) is 142 Å². The van der Waals surface area contributed by atoms with Crippen LogP contribution in [0.3, 0.4) is 0 Å². The third kappa shape index (κ3) is 3.79. The first-order chi connectivity index (χ1) is 19.4. The van der Waals surface area contributed by atoms with E-state index in [4.69, 9.17) is 11.6 Å². The summed E-state index contributed by atoms with van der Waals surface area (Å²) in [5, 5.41) is 5.40. The van der Waals surface area contributed by atoms with Crippen LogP contribution in [0.5, 0.6) is 0 Å². The molecule has 0 heterocycles. The number of hydrogen-bond donors (Lipinski definition) is 0. The number of alkyl halides is 1. The van der Waals surface area contributed by atoms with Gasteiger partial charge in [0.15, 0.2) is 0 Å². The van der Waals surface area contributed by atoms with Crippen LogP contribution in [0.15, 0.2) is 114 Å². The van der Waals surface area contributed by atoms with Crippen molar-refractivity contribution in [2.24, 2.45) is 0 Å². The summed E-state index contributed by atoms with van der Waals surface area (Å²) in [6.07, 6.45) is 5.03. The van der Waals surface area contributed by atoms with Gasteiger partial charge in [-0.2, -0.15) is 0 Å². The fourth-order valence-electron chi connectivity index (χ4n) is 8.02.